The Morgan fingerprint density at radius 1 is 1.00 bits per heavy atom. The fourth-order valence-corrected chi connectivity index (χ4v) is 8.26. The lowest BCUT2D eigenvalue weighted by molar-refractivity contribution is -0.123. The topological polar surface area (TPSA) is 78.5 Å². The quantitative estimate of drug-likeness (QED) is 0.478. The molecule has 0 spiro atoms. The second kappa shape index (κ2) is 11.5. The summed E-state index contributed by atoms with van der Waals surface area (Å²) in [6.45, 7) is 13.5. The molecule has 0 aromatic heterocycles. The van der Waals surface area contributed by atoms with Gasteiger partial charge in [0.25, 0.3) is 0 Å². The van der Waals surface area contributed by atoms with E-state index in [1.165, 1.54) is 16.7 Å². The molecule has 1 fully saturated rings. The highest BCUT2D eigenvalue weighted by Gasteiger charge is 2.36. The lowest BCUT2D eigenvalue weighted by Crippen LogP contribution is -2.46. The van der Waals surface area contributed by atoms with Crippen molar-refractivity contribution in [3.05, 3.63) is 63.7 Å². The Morgan fingerprint density at radius 3 is 2.39 bits per heavy atom. The highest BCUT2D eigenvalue weighted by atomic mass is 32.2. The Morgan fingerprint density at radius 2 is 1.71 bits per heavy atom. The minimum absolute atomic E-state index is 0.0221. The van der Waals surface area contributed by atoms with E-state index >= 15 is 0 Å². The van der Waals surface area contributed by atoms with Gasteiger partial charge in [0.05, 0.1) is 10.9 Å². The molecule has 2 unspecified atom stereocenters. The number of carbonyl (C=O) groups is 1. The number of rotatable bonds is 7. The number of aryl methyl sites for hydroxylation is 4. The van der Waals surface area contributed by atoms with Gasteiger partial charge in [-0.15, -0.1) is 0 Å². The highest BCUT2D eigenvalue weighted by molar-refractivity contribution is 7.89. The molecule has 1 aliphatic carbocycles. The van der Waals surface area contributed by atoms with E-state index in [1.54, 1.807) is 4.31 Å². The number of benzene rings is 2. The molecule has 0 bridgehead atoms. The smallest absolute Gasteiger partial charge is 0.243 e. The van der Waals surface area contributed by atoms with E-state index in [0.29, 0.717) is 17.9 Å². The number of fused-ring (bicyclic) bond motifs is 1. The monoisotopic (exact) mass is 539 g/mol. The van der Waals surface area contributed by atoms with Gasteiger partial charge in [-0.1, -0.05) is 42.3 Å². The first-order valence-corrected chi connectivity index (χ1v) is 15.5. The second-order valence-electron chi connectivity index (χ2n) is 12.3. The van der Waals surface area contributed by atoms with Gasteiger partial charge in [-0.05, 0) is 101 Å². The molecule has 2 aromatic carbocycles. The molecule has 208 valence electrons. The lowest BCUT2D eigenvalue weighted by Gasteiger charge is -2.35. The summed E-state index contributed by atoms with van der Waals surface area (Å²) in [6, 6.07) is 10.1. The molecule has 1 amide bonds. The number of amides is 1. The highest BCUT2D eigenvalue weighted by Crippen LogP contribution is 2.33. The molecule has 2 aromatic rings. The van der Waals surface area contributed by atoms with Crippen LogP contribution in [0.2, 0.25) is 0 Å². The molecule has 2 aliphatic rings. The third-order valence-electron chi connectivity index (χ3n) is 7.85. The Hall–Kier alpha value is -2.22. The van der Waals surface area contributed by atoms with Crippen molar-refractivity contribution < 1.29 is 13.2 Å². The zero-order chi connectivity index (χ0) is 27.7. The Labute approximate surface area is 229 Å². The van der Waals surface area contributed by atoms with Gasteiger partial charge < -0.3 is 10.6 Å². The number of carbonyl (C=O) groups excluding carboxylic acids is 1. The van der Waals surface area contributed by atoms with Crippen LogP contribution in [0, 0.1) is 20.8 Å². The molecule has 1 saturated heterocycles. The van der Waals surface area contributed by atoms with E-state index in [4.69, 9.17) is 0 Å². The Balaban J connectivity index is 1.47. The van der Waals surface area contributed by atoms with Crippen molar-refractivity contribution in [1.29, 1.82) is 0 Å². The van der Waals surface area contributed by atoms with Gasteiger partial charge >= 0.3 is 0 Å². The molecule has 0 saturated carbocycles. The SMILES string of the molecule is Cc1cc(C)c(S(=O)(=O)N2CCCCC2CC(=O)NC2CCCc3cc(CNC(C)(C)C)ccc32)c(C)c1. The van der Waals surface area contributed by atoms with Crippen LogP contribution in [-0.2, 0) is 27.8 Å². The van der Waals surface area contributed by atoms with Crippen LogP contribution in [0.1, 0.15) is 98.7 Å². The van der Waals surface area contributed by atoms with E-state index in [0.717, 1.165) is 55.3 Å². The summed E-state index contributed by atoms with van der Waals surface area (Å²) in [5, 5.41) is 6.81. The minimum Gasteiger partial charge on any atom is -0.349 e. The van der Waals surface area contributed by atoms with Crippen LogP contribution in [0.25, 0.3) is 0 Å². The number of hydrogen-bond acceptors (Lipinski definition) is 4. The van der Waals surface area contributed by atoms with E-state index in [-0.39, 0.29) is 30.0 Å². The molecule has 2 N–H and O–H groups in total. The van der Waals surface area contributed by atoms with Crippen LogP contribution in [0.15, 0.2) is 35.2 Å². The maximum absolute atomic E-state index is 13.8. The van der Waals surface area contributed by atoms with E-state index in [9.17, 15) is 13.2 Å². The molecule has 7 heteroatoms. The molecule has 38 heavy (non-hydrogen) atoms. The van der Waals surface area contributed by atoms with Crippen molar-refractivity contribution in [2.75, 3.05) is 6.54 Å². The van der Waals surface area contributed by atoms with Gasteiger partial charge in [-0.3, -0.25) is 4.79 Å². The Bertz CT molecular complexity index is 1260. The molecule has 4 rings (SSSR count). The van der Waals surface area contributed by atoms with Crippen molar-refractivity contribution in [3.8, 4) is 0 Å². The zero-order valence-corrected chi connectivity index (χ0v) is 24.8. The van der Waals surface area contributed by atoms with Gasteiger partial charge in [0.1, 0.15) is 0 Å². The van der Waals surface area contributed by atoms with Crippen molar-refractivity contribution in [2.24, 2.45) is 0 Å². The summed E-state index contributed by atoms with van der Waals surface area (Å²) in [5.74, 6) is -0.0641. The summed E-state index contributed by atoms with van der Waals surface area (Å²) in [5.41, 5.74) is 6.42. The zero-order valence-electron chi connectivity index (χ0n) is 24.0. The van der Waals surface area contributed by atoms with Gasteiger partial charge in [-0.25, -0.2) is 8.42 Å². The predicted molar refractivity (Wildman–Crippen MR) is 154 cm³/mol. The van der Waals surface area contributed by atoms with Crippen molar-refractivity contribution >= 4 is 15.9 Å². The molecule has 2 atom stereocenters. The average Bonchev–Trinajstić information content (AvgIpc) is 2.81. The maximum atomic E-state index is 13.8. The summed E-state index contributed by atoms with van der Waals surface area (Å²) in [6.07, 6.45) is 5.63. The van der Waals surface area contributed by atoms with Crippen molar-refractivity contribution in [1.82, 2.24) is 14.9 Å². The summed E-state index contributed by atoms with van der Waals surface area (Å²) in [4.78, 5) is 13.7. The second-order valence-corrected chi connectivity index (χ2v) is 14.2. The van der Waals surface area contributed by atoms with Gasteiger partial charge in [0, 0.05) is 31.1 Å². The number of nitrogens with one attached hydrogen (secondary N) is 2. The first kappa shape index (κ1) is 28.8. The molecule has 1 aliphatic heterocycles. The summed E-state index contributed by atoms with van der Waals surface area (Å²) >= 11 is 0. The fourth-order valence-electron chi connectivity index (χ4n) is 6.15. The average molecular weight is 540 g/mol. The van der Waals surface area contributed by atoms with Crippen LogP contribution >= 0.6 is 0 Å². The summed E-state index contributed by atoms with van der Waals surface area (Å²) in [7, 11) is -3.69. The number of sulfonamides is 1. The van der Waals surface area contributed by atoms with Crippen molar-refractivity contribution in [3.63, 3.8) is 0 Å². The largest absolute Gasteiger partial charge is 0.349 e. The number of nitrogens with zero attached hydrogens (tertiary/aromatic N) is 1. The van der Waals surface area contributed by atoms with Crippen LogP contribution in [-0.4, -0.2) is 36.8 Å². The summed E-state index contributed by atoms with van der Waals surface area (Å²) < 4.78 is 29.2. The standard InChI is InChI=1S/C31H45N3O3S/c1-21-16-22(2)30(23(3)17-21)38(36,37)34-15-8-7-11-26(34)19-29(35)33-28-12-9-10-25-18-24(13-14-27(25)28)20-32-31(4,5)6/h13-14,16-18,26,28,32H,7-12,15,19-20H2,1-6H3,(H,33,35). The predicted octanol–water partition coefficient (Wildman–Crippen LogP) is 5.63. The van der Waals surface area contributed by atoms with Gasteiger partial charge in [0.2, 0.25) is 15.9 Å². The molecular weight excluding hydrogens is 494 g/mol. The van der Waals surface area contributed by atoms with Gasteiger partial charge in [-0.2, -0.15) is 4.31 Å². The van der Waals surface area contributed by atoms with Gasteiger partial charge in [0.15, 0.2) is 0 Å². The normalized spacial score (nSPS) is 20.7. The minimum atomic E-state index is -3.69. The van der Waals surface area contributed by atoms with Crippen molar-refractivity contribution in [2.45, 2.75) is 116 Å². The Kier molecular flexibility index (Phi) is 8.70. The molecular formula is C31H45N3O3S. The van der Waals surface area contributed by atoms with E-state index in [2.05, 4.69) is 49.6 Å². The van der Waals surface area contributed by atoms with Crippen LogP contribution < -0.4 is 10.6 Å². The van der Waals surface area contributed by atoms with E-state index in [1.807, 2.05) is 32.9 Å². The lowest BCUT2D eigenvalue weighted by atomic mass is 9.86. The number of piperidine rings is 1. The fraction of sp³-hybridized carbons (Fsp3) is 0.581. The number of hydrogen-bond donors (Lipinski definition) is 2. The molecule has 0 radical (unpaired) electrons. The van der Waals surface area contributed by atoms with Crippen LogP contribution in [0.4, 0.5) is 0 Å². The molecule has 1 heterocycles. The van der Waals surface area contributed by atoms with Crippen LogP contribution in [0.5, 0.6) is 0 Å². The molecule has 6 nitrogen and oxygen atoms in total. The third kappa shape index (κ3) is 6.67. The first-order valence-electron chi connectivity index (χ1n) is 14.1. The van der Waals surface area contributed by atoms with E-state index < -0.39 is 10.0 Å². The first-order chi connectivity index (χ1) is 17.8. The third-order valence-corrected chi connectivity index (χ3v) is 10.1. The van der Waals surface area contributed by atoms with Crippen LogP contribution in [0.3, 0.4) is 0 Å². The maximum Gasteiger partial charge on any atom is 0.243 e.